The molecule has 3 atom stereocenters. The van der Waals surface area contributed by atoms with Gasteiger partial charge in [-0.25, -0.2) is 0 Å². The Labute approximate surface area is 169 Å². The summed E-state index contributed by atoms with van der Waals surface area (Å²) in [6.45, 7) is 6.92. The maximum absolute atomic E-state index is 5.85. The first-order valence-corrected chi connectivity index (χ1v) is 10.9. The molecule has 28 heavy (non-hydrogen) atoms. The molecular weight excluding hydrogens is 340 g/mol. The van der Waals surface area contributed by atoms with Crippen LogP contribution in [0, 0.1) is 19.3 Å². The van der Waals surface area contributed by atoms with Crippen LogP contribution in [0.15, 0.2) is 53.6 Å². The number of rotatable bonds is 2. The molecule has 1 fully saturated rings. The molecule has 3 aliphatic rings. The number of hydrogen-bond donors (Lipinski definition) is 0. The van der Waals surface area contributed by atoms with Gasteiger partial charge in [0.1, 0.15) is 0 Å². The van der Waals surface area contributed by atoms with Crippen molar-refractivity contribution in [2.24, 2.45) is 5.41 Å². The smallest absolute Gasteiger partial charge is 0.0617 e. The fourth-order valence-electron chi connectivity index (χ4n) is 6.53. The first-order chi connectivity index (χ1) is 13.5. The minimum Gasteiger partial charge on any atom is -0.381 e. The Balaban J connectivity index is 1.79. The van der Waals surface area contributed by atoms with Crippen LogP contribution in [-0.4, -0.2) is 13.2 Å². The van der Waals surface area contributed by atoms with E-state index in [1.807, 2.05) is 7.11 Å². The van der Waals surface area contributed by atoms with Crippen LogP contribution in [0.2, 0.25) is 0 Å². The highest BCUT2D eigenvalue weighted by Crippen LogP contribution is 2.62. The standard InChI is InChI=1S/C27H32O/c1-18-5-9-21(10-6-18)27-14-13-26(3)17-22(28-4)16-25(26)24(27)12-8-20-15-19(2)7-11-23(20)27/h5-7,9-11,15,22H,8,12-14,16-17H2,1-4H3/t22-,26-,27+/m0/s1. The lowest BCUT2D eigenvalue weighted by molar-refractivity contribution is 0.0949. The van der Waals surface area contributed by atoms with Crippen LogP contribution in [0.3, 0.4) is 0 Å². The summed E-state index contributed by atoms with van der Waals surface area (Å²) in [6.07, 6.45) is 7.55. The number of allylic oxidation sites excluding steroid dienone is 1. The number of aryl methyl sites for hydroxylation is 3. The third-order valence-electron chi connectivity index (χ3n) is 8.01. The molecule has 1 saturated carbocycles. The molecule has 0 aliphatic heterocycles. The fraction of sp³-hybridized carbons (Fsp3) is 0.481. The van der Waals surface area contributed by atoms with Crippen molar-refractivity contribution < 1.29 is 4.74 Å². The highest BCUT2D eigenvalue weighted by molar-refractivity contribution is 5.59. The topological polar surface area (TPSA) is 9.23 Å². The van der Waals surface area contributed by atoms with Gasteiger partial charge in [-0.1, -0.05) is 71.7 Å². The van der Waals surface area contributed by atoms with Crippen molar-refractivity contribution >= 4 is 0 Å². The van der Waals surface area contributed by atoms with Crippen molar-refractivity contribution in [1.82, 2.24) is 0 Å². The number of methoxy groups -OCH3 is 1. The van der Waals surface area contributed by atoms with Crippen LogP contribution in [0.1, 0.15) is 66.8 Å². The van der Waals surface area contributed by atoms with E-state index in [0.717, 1.165) is 6.42 Å². The van der Waals surface area contributed by atoms with Gasteiger partial charge in [-0.15, -0.1) is 0 Å². The molecule has 0 radical (unpaired) electrons. The van der Waals surface area contributed by atoms with Gasteiger partial charge in [-0.2, -0.15) is 0 Å². The van der Waals surface area contributed by atoms with Gasteiger partial charge in [-0.3, -0.25) is 0 Å². The van der Waals surface area contributed by atoms with Crippen molar-refractivity contribution in [3.8, 4) is 0 Å². The Bertz CT molecular complexity index is 951. The predicted octanol–water partition coefficient (Wildman–Crippen LogP) is 6.44. The maximum Gasteiger partial charge on any atom is 0.0617 e. The minimum absolute atomic E-state index is 0.0620. The van der Waals surface area contributed by atoms with Gasteiger partial charge in [0.05, 0.1) is 6.10 Å². The van der Waals surface area contributed by atoms with Crippen molar-refractivity contribution in [3.05, 3.63) is 81.4 Å². The first kappa shape index (κ1) is 18.2. The molecule has 0 bridgehead atoms. The minimum atomic E-state index is 0.0620. The van der Waals surface area contributed by atoms with Crippen LogP contribution in [0.5, 0.6) is 0 Å². The fourth-order valence-corrected chi connectivity index (χ4v) is 6.53. The number of ether oxygens (including phenoxy) is 1. The highest BCUT2D eigenvalue weighted by atomic mass is 16.5. The largest absolute Gasteiger partial charge is 0.381 e. The summed E-state index contributed by atoms with van der Waals surface area (Å²) in [5.74, 6) is 0. The van der Waals surface area contributed by atoms with Crippen LogP contribution < -0.4 is 0 Å². The van der Waals surface area contributed by atoms with Gasteiger partial charge in [0.15, 0.2) is 0 Å². The number of hydrogen-bond acceptors (Lipinski definition) is 1. The Morgan fingerprint density at radius 3 is 2.39 bits per heavy atom. The zero-order chi connectivity index (χ0) is 19.5. The van der Waals surface area contributed by atoms with Crippen LogP contribution >= 0.6 is 0 Å². The van der Waals surface area contributed by atoms with Crippen molar-refractivity contribution in [3.63, 3.8) is 0 Å². The van der Waals surface area contributed by atoms with Crippen LogP contribution in [0.25, 0.3) is 0 Å². The molecule has 1 heteroatoms. The highest BCUT2D eigenvalue weighted by Gasteiger charge is 2.53. The third kappa shape index (κ3) is 2.48. The molecule has 0 aromatic heterocycles. The summed E-state index contributed by atoms with van der Waals surface area (Å²) in [4.78, 5) is 0. The second kappa shape index (κ2) is 6.32. The number of fused-ring (bicyclic) bond motifs is 4. The van der Waals surface area contributed by atoms with Crippen LogP contribution in [-0.2, 0) is 16.6 Å². The second-order valence-corrected chi connectivity index (χ2v) is 9.72. The van der Waals surface area contributed by atoms with E-state index in [1.54, 1.807) is 22.3 Å². The van der Waals surface area contributed by atoms with Crippen molar-refractivity contribution in [2.75, 3.05) is 7.11 Å². The lowest BCUT2D eigenvalue weighted by atomic mass is 9.53. The van der Waals surface area contributed by atoms with Crippen molar-refractivity contribution in [1.29, 1.82) is 0 Å². The Morgan fingerprint density at radius 2 is 1.64 bits per heavy atom. The molecule has 3 aliphatic carbocycles. The molecule has 0 amide bonds. The van der Waals surface area contributed by atoms with Gasteiger partial charge >= 0.3 is 0 Å². The molecule has 0 unspecified atom stereocenters. The molecule has 2 aromatic rings. The summed E-state index contributed by atoms with van der Waals surface area (Å²) < 4.78 is 5.85. The molecule has 146 valence electrons. The first-order valence-electron chi connectivity index (χ1n) is 10.9. The van der Waals surface area contributed by atoms with E-state index in [2.05, 4.69) is 63.2 Å². The van der Waals surface area contributed by atoms with E-state index < -0.39 is 0 Å². The quantitative estimate of drug-likeness (QED) is 0.551. The summed E-state index contributed by atoms with van der Waals surface area (Å²) in [5.41, 5.74) is 11.2. The van der Waals surface area contributed by atoms with Gasteiger partial charge in [0.2, 0.25) is 0 Å². The molecule has 1 nitrogen and oxygen atoms in total. The van der Waals surface area contributed by atoms with E-state index in [1.165, 1.54) is 48.8 Å². The average Bonchev–Trinajstić information content (AvgIpc) is 3.04. The van der Waals surface area contributed by atoms with E-state index in [9.17, 15) is 0 Å². The number of benzene rings is 2. The maximum atomic E-state index is 5.85. The zero-order valence-electron chi connectivity index (χ0n) is 17.8. The normalized spacial score (nSPS) is 31.4. The van der Waals surface area contributed by atoms with E-state index in [-0.39, 0.29) is 5.41 Å². The average molecular weight is 373 g/mol. The molecule has 0 saturated heterocycles. The lowest BCUT2D eigenvalue weighted by Gasteiger charge is -2.50. The SMILES string of the molecule is CO[C@H]1CC2=C3CCc4cc(C)ccc4[C@]3(c3ccc(C)cc3)CC[C@@]2(C)C1. The molecule has 0 heterocycles. The third-order valence-corrected chi connectivity index (χ3v) is 8.01. The van der Waals surface area contributed by atoms with Gasteiger partial charge in [0, 0.05) is 12.5 Å². The molecule has 2 aromatic carbocycles. The molecule has 5 rings (SSSR count). The lowest BCUT2D eigenvalue weighted by Crippen LogP contribution is -2.41. The summed E-state index contributed by atoms with van der Waals surface area (Å²) in [7, 11) is 1.89. The van der Waals surface area contributed by atoms with Crippen molar-refractivity contribution in [2.45, 2.75) is 70.8 Å². The van der Waals surface area contributed by atoms with Gasteiger partial charge < -0.3 is 4.74 Å². The molecule has 0 spiro atoms. The van der Waals surface area contributed by atoms with E-state index in [0.29, 0.717) is 11.5 Å². The Hall–Kier alpha value is -1.86. The summed E-state index contributed by atoms with van der Waals surface area (Å²) >= 11 is 0. The van der Waals surface area contributed by atoms with E-state index in [4.69, 9.17) is 4.74 Å². The Morgan fingerprint density at radius 1 is 0.893 bits per heavy atom. The van der Waals surface area contributed by atoms with E-state index >= 15 is 0 Å². The van der Waals surface area contributed by atoms with Gasteiger partial charge in [-0.05, 0) is 74.5 Å². The van der Waals surface area contributed by atoms with Crippen LogP contribution in [0.4, 0.5) is 0 Å². The van der Waals surface area contributed by atoms with Gasteiger partial charge in [0.25, 0.3) is 0 Å². The molecule has 0 N–H and O–H groups in total. The summed E-state index contributed by atoms with van der Waals surface area (Å²) in [5, 5.41) is 0. The second-order valence-electron chi connectivity index (χ2n) is 9.72. The predicted molar refractivity (Wildman–Crippen MR) is 116 cm³/mol. The monoisotopic (exact) mass is 372 g/mol. The zero-order valence-corrected chi connectivity index (χ0v) is 17.8. The Kier molecular flexibility index (Phi) is 4.11. The molecular formula is C27H32O. The summed E-state index contributed by atoms with van der Waals surface area (Å²) in [6, 6.07) is 16.6.